The maximum Gasteiger partial charge on any atom is 0.340 e. The molecule has 0 saturated heterocycles. The van der Waals surface area contributed by atoms with Gasteiger partial charge in [-0.15, -0.1) is 0 Å². The van der Waals surface area contributed by atoms with Gasteiger partial charge in [-0.2, -0.15) is 0 Å². The van der Waals surface area contributed by atoms with E-state index in [0.717, 1.165) is 5.56 Å². The van der Waals surface area contributed by atoms with E-state index in [1.165, 1.54) is 0 Å². The Morgan fingerprint density at radius 1 is 1.21 bits per heavy atom. The molecule has 1 aliphatic rings. The van der Waals surface area contributed by atoms with Crippen LogP contribution in [0, 0.1) is 5.92 Å². The van der Waals surface area contributed by atoms with E-state index in [0.29, 0.717) is 17.6 Å². The van der Waals surface area contributed by atoms with E-state index >= 15 is 0 Å². The summed E-state index contributed by atoms with van der Waals surface area (Å²) in [6.07, 6.45) is 2.04. The van der Waals surface area contributed by atoms with Gasteiger partial charge in [0.2, 0.25) is 0 Å². The summed E-state index contributed by atoms with van der Waals surface area (Å²) in [6, 6.07) is 9.54. The third kappa shape index (κ3) is 3.12. The van der Waals surface area contributed by atoms with Crippen molar-refractivity contribution in [2.45, 2.75) is 32.8 Å². The first-order valence-corrected chi connectivity index (χ1v) is 7.91. The standard InChI is InChI=1S/C19H22O5/c1-4-24-19(18(22)23)11-15(10-14-8-6-5-7-9-14)12(2)16(13(19)3)17(20)21/h5-9,11,13H,4,10H2,1-3H3,(H,20,21)(H,22,23). The second-order valence-corrected chi connectivity index (χ2v) is 5.93. The van der Waals surface area contributed by atoms with Crippen LogP contribution in [0.3, 0.4) is 0 Å². The third-order valence-corrected chi connectivity index (χ3v) is 4.54. The smallest absolute Gasteiger partial charge is 0.340 e. The Labute approximate surface area is 141 Å². The van der Waals surface area contributed by atoms with E-state index in [1.54, 1.807) is 26.8 Å². The van der Waals surface area contributed by atoms with Crippen molar-refractivity contribution in [1.29, 1.82) is 0 Å². The van der Waals surface area contributed by atoms with Crippen LogP contribution in [0.2, 0.25) is 0 Å². The van der Waals surface area contributed by atoms with E-state index in [2.05, 4.69) is 0 Å². The first-order valence-electron chi connectivity index (χ1n) is 7.91. The quantitative estimate of drug-likeness (QED) is 0.837. The van der Waals surface area contributed by atoms with Crippen molar-refractivity contribution in [3.05, 3.63) is 58.7 Å². The summed E-state index contributed by atoms with van der Waals surface area (Å²) >= 11 is 0. The highest BCUT2D eigenvalue weighted by Gasteiger charge is 2.49. The largest absolute Gasteiger partial charge is 0.479 e. The van der Waals surface area contributed by atoms with Crippen LogP contribution in [0.1, 0.15) is 26.3 Å². The predicted octanol–water partition coefficient (Wildman–Crippen LogP) is 3.07. The van der Waals surface area contributed by atoms with Crippen molar-refractivity contribution >= 4 is 11.9 Å². The van der Waals surface area contributed by atoms with Crippen LogP contribution in [0.4, 0.5) is 0 Å². The summed E-state index contributed by atoms with van der Waals surface area (Å²) in [5.74, 6) is -3.07. The Bertz CT molecular complexity index is 702. The predicted molar refractivity (Wildman–Crippen MR) is 89.7 cm³/mol. The average Bonchev–Trinajstić information content (AvgIpc) is 2.52. The molecule has 2 rings (SSSR count). The molecule has 0 heterocycles. The number of carboxylic acids is 2. The molecule has 24 heavy (non-hydrogen) atoms. The molecular formula is C19H22O5. The zero-order valence-electron chi connectivity index (χ0n) is 14.1. The van der Waals surface area contributed by atoms with Gasteiger partial charge in [-0.1, -0.05) is 37.3 Å². The van der Waals surface area contributed by atoms with Crippen molar-refractivity contribution in [2.75, 3.05) is 6.61 Å². The maximum atomic E-state index is 12.0. The minimum absolute atomic E-state index is 0.0966. The second-order valence-electron chi connectivity index (χ2n) is 5.93. The van der Waals surface area contributed by atoms with E-state index in [9.17, 15) is 19.8 Å². The van der Waals surface area contributed by atoms with Gasteiger partial charge in [0.25, 0.3) is 0 Å². The summed E-state index contributed by atoms with van der Waals surface area (Å²) in [4.78, 5) is 23.7. The molecule has 0 radical (unpaired) electrons. The SMILES string of the molecule is CCOC1(C(=O)O)C=C(Cc2ccccc2)C(C)=C(C(=O)O)C1C. The van der Waals surface area contributed by atoms with E-state index in [-0.39, 0.29) is 12.2 Å². The lowest BCUT2D eigenvalue weighted by Crippen LogP contribution is -2.49. The van der Waals surface area contributed by atoms with Gasteiger partial charge in [-0.05, 0) is 43.1 Å². The minimum Gasteiger partial charge on any atom is -0.479 e. The van der Waals surface area contributed by atoms with Crippen molar-refractivity contribution in [1.82, 2.24) is 0 Å². The lowest BCUT2D eigenvalue weighted by atomic mass is 9.73. The summed E-state index contributed by atoms with van der Waals surface area (Å²) in [5, 5.41) is 19.4. The molecule has 1 aliphatic carbocycles. The third-order valence-electron chi connectivity index (χ3n) is 4.54. The number of ether oxygens (including phenoxy) is 1. The van der Waals surface area contributed by atoms with Gasteiger partial charge in [0, 0.05) is 18.1 Å². The normalized spacial score (nSPS) is 23.8. The zero-order valence-corrected chi connectivity index (χ0v) is 14.1. The molecule has 0 amide bonds. The molecule has 5 heteroatoms. The van der Waals surface area contributed by atoms with Crippen molar-refractivity contribution in [3.63, 3.8) is 0 Å². The van der Waals surface area contributed by atoms with Crippen LogP contribution in [0.15, 0.2) is 53.1 Å². The molecule has 5 nitrogen and oxygen atoms in total. The second kappa shape index (κ2) is 7.01. The van der Waals surface area contributed by atoms with Crippen molar-refractivity contribution < 1.29 is 24.5 Å². The molecule has 2 N–H and O–H groups in total. The van der Waals surface area contributed by atoms with E-state index in [4.69, 9.17) is 4.74 Å². The van der Waals surface area contributed by atoms with Gasteiger partial charge in [0.1, 0.15) is 0 Å². The zero-order chi connectivity index (χ0) is 17.9. The van der Waals surface area contributed by atoms with Gasteiger partial charge in [-0.25, -0.2) is 9.59 Å². The fourth-order valence-electron chi connectivity index (χ4n) is 3.26. The Morgan fingerprint density at radius 2 is 1.83 bits per heavy atom. The van der Waals surface area contributed by atoms with Crippen LogP contribution in [0.5, 0.6) is 0 Å². The van der Waals surface area contributed by atoms with Crippen LogP contribution in [-0.4, -0.2) is 34.4 Å². The number of carbonyl (C=O) groups is 2. The van der Waals surface area contributed by atoms with Crippen LogP contribution in [-0.2, 0) is 20.7 Å². The number of rotatable bonds is 6. The Hall–Kier alpha value is -2.40. The Morgan fingerprint density at radius 3 is 2.33 bits per heavy atom. The molecule has 2 unspecified atom stereocenters. The lowest BCUT2D eigenvalue weighted by molar-refractivity contribution is -0.164. The molecule has 0 bridgehead atoms. The highest BCUT2D eigenvalue weighted by Crippen LogP contribution is 2.40. The lowest BCUT2D eigenvalue weighted by Gasteiger charge is -2.37. The fraction of sp³-hybridized carbons (Fsp3) is 0.368. The van der Waals surface area contributed by atoms with E-state index in [1.807, 2.05) is 30.3 Å². The molecule has 2 atom stereocenters. The molecule has 0 aromatic heterocycles. The van der Waals surface area contributed by atoms with Gasteiger partial charge >= 0.3 is 11.9 Å². The molecule has 0 fully saturated rings. The van der Waals surface area contributed by atoms with Gasteiger partial charge in [0.05, 0.1) is 0 Å². The fourth-order valence-corrected chi connectivity index (χ4v) is 3.26. The molecule has 128 valence electrons. The summed E-state index contributed by atoms with van der Waals surface area (Å²) in [5.41, 5.74) is 0.701. The molecule has 0 spiro atoms. The van der Waals surface area contributed by atoms with Crippen molar-refractivity contribution in [3.8, 4) is 0 Å². The Balaban J connectivity index is 2.59. The first-order chi connectivity index (χ1) is 11.3. The molecule has 0 saturated carbocycles. The molecule has 1 aromatic rings. The van der Waals surface area contributed by atoms with Crippen LogP contribution >= 0.6 is 0 Å². The van der Waals surface area contributed by atoms with Crippen molar-refractivity contribution in [2.24, 2.45) is 5.92 Å². The highest BCUT2D eigenvalue weighted by molar-refractivity contribution is 5.94. The maximum absolute atomic E-state index is 12.0. The summed E-state index contributed by atoms with van der Waals surface area (Å²) in [6.45, 7) is 5.20. The highest BCUT2D eigenvalue weighted by atomic mass is 16.5. The van der Waals surface area contributed by atoms with Gasteiger partial charge in [0.15, 0.2) is 5.60 Å². The monoisotopic (exact) mass is 330 g/mol. The van der Waals surface area contributed by atoms with Crippen LogP contribution in [0.25, 0.3) is 0 Å². The average molecular weight is 330 g/mol. The number of benzene rings is 1. The first kappa shape index (κ1) is 17.9. The molecule has 1 aromatic carbocycles. The number of aliphatic carboxylic acids is 2. The molecule has 0 aliphatic heterocycles. The minimum atomic E-state index is -1.66. The summed E-state index contributed by atoms with van der Waals surface area (Å²) < 4.78 is 5.57. The van der Waals surface area contributed by atoms with E-state index < -0.39 is 23.5 Å². The van der Waals surface area contributed by atoms with Gasteiger partial charge < -0.3 is 14.9 Å². The van der Waals surface area contributed by atoms with Gasteiger partial charge in [-0.3, -0.25) is 0 Å². The summed E-state index contributed by atoms with van der Waals surface area (Å²) in [7, 11) is 0. The number of hydrogen-bond donors (Lipinski definition) is 2. The topological polar surface area (TPSA) is 83.8 Å². The molecular weight excluding hydrogens is 308 g/mol. The number of hydrogen-bond acceptors (Lipinski definition) is 3. The number of allylic oxidation sites excluding steroid dienone is 2. The van der Waals surface area contributed by atoms with Crippen LogP contribution < -0.4 is 0 Å². The Kier molecular flexibility index (Phi) is 5.24. The number of carboxylic acid groups (broad SMARTS) is 2.